The zero-order chi connectivity index (χ0) is 7.14. The number of ether oxygens (including phenoxy) is 2. The van der Waals surface area contributed by atoms with E-state index in [0.29, 0.717) is 6.10 Å². The van der Waals surface area contributed by atoms with Gasteiger partial charge in [-0.2, -0.15) is 0 Å². The summed E-state index contributed by atoms with van der Waals surface area (Å²) in [4.78, 5) is 10.5. The fourth-order valence-corrected chi connectivity index (χ4v) is 1.55. The highest BCUT2D eigenvalue weighted by atomic mass is 16.6. The summed E-state index contributed by atoms with van der Waals surface area (Å²) in [6.07, 6.45) is 2.74. The molecule has 0 aromatic rings. The van der Waals surface area contributed by atoms with Gasteiger partial charge in [-0.25, -0.2) is 0 Å². The van der Waals surface area contributed by atoms with Crippen molar-refractivity contribution in [3.05, 3.63) is 0 Å². The van der Waals surface area contributed by atoms with Crippen molar-refractivity contribution in [2.45, 2.75) is 38.1 Å². The van der Waals surface area contributed by atoms with Gasteiger partial charge in [-0.3, -0.25) is 4.79 Å². The second-order valence-electron chi connectivity index (χ2n) is 2.86. The van der Waals surface area contributed by atoms with Crippen molar-refractivity contribution in [3.63, 3.8) is 0 Å². The second-order valence-corrected chi connectivity index (χ2v) is 2.86. The van der Waals surface area contributed by atoms with E-state index in [4.69, 9.17) is 9.47 Å². The molecule has 56 valence electrons. The number of epoxide rings is 1. The largest absolute Gasteiger partial charge is 0.460 e. The molecule has 2 aliphatic rings. The monoisotopic (exact) mass is 142 g/mol. The van der Waals surface area contributed by atoms with Crippen LogP contribution in [0.15, 0.2) is 0 Å². The number of fused-ring (bicyclic) bond motifs is 1. The topological polar surface area (TPSA) is 38.8 Å². The third kappa shape index (κ3) is 0.904. The van der Waals surface area contributed by atoms with Gasteiger partial charge in [0.2, 0.25) is 0 Å². The highest BCUT2D eigenvalue weighted by molar-refractivity contribution is 5.66. The van der Waals surface area contributed by atoms with Gasteiger partial charge in [-0.05, 0) is 12.8 Å². The van der Waals surface area contributed by atoms with Crippen LogP contribution >= 0.6 is 0 Å². The Hall–Kier alpha value is -0.570. The quantitative estimate of drug-likeness (QED) is 0.395. The first-order chi connectivity index (χ1) is 4.77. The minimum Gasteiger partial charge on any atom is -0.460 e. The van der Waals surface area contributed by atoms with E-state index in [0.717, 1.165) is 12.8 Å². The minimum atomic E-state index is -0.193. The predicted octanol–water partition coefficient (Wildman–Crippen LogP) is 0.479. The van der Waals surface area contributed by atoms with Crippen molar-refractivity contribution in [1.82, 2.24) is 0 Å². The smallest absolute Gasteiger partial charge is 0.302 e. The van der Waals surface area contributed by atoms with Gasteiger partial charge in [-0.15, -0.1) is 0 Å². The highest BCUT2D eigenvalue weighted by Gasteiger charge is 2.51. The van der Waals surface area contributed by atoms with Crippen LogP contribution in [0.4, 0.5) is 0 Å². The van der Waals surface area contributed by atoms with Crippen LogP contribution in [-0.2, 0) is 14.3 Å². The summed E-state index contributed by atoms with van der Waals surface area (Å²) in [6.45, 7) is 1.44. The van der Waals surface area contributed by atoms with E-state index >= 15 is 0 Å². The summed E-state index contributed by atoms with van der Waals surface area (Å²) in [5, 5.41) is 0. The molecule has 1 saturated heterocycles. The molecule has 0 radical (unpaired) electrons. The van der Waals surface area contributed by atoms with Crippen LogP contribution in [0.2, 0.25) is 0 Å². The zero-order valence-electron chi connectivity index (χ0n) is 5.87. The minimum absolute atomic E-state index is 0.0579. The first-order valence-corrected chi connectivity index (χ1v) is 3.60. The molecule has 2 fully saturated rings. The Morgan fingerprint density at radius 1 is 1.60 bits per heavy atom. The lowest BCUT2D eigenvalue weighted by Gasteiger charge is -2.09. The fourth-order valence-electron chi connectivity index (χ4n) is 1.55. The summed E-state index contributed by atoms with van der Waals surface area (Å²) >= 11 is 0. The van der Waals surface area contributed by atoms with Gasteiger partial charge in [0, 0.05) is 6.92 Å². The molecule has 2 rings (SSSR count). The zero-order valence-corrected chi connectivity index (χ0v) is 5.87. The van der Waals surface area contributed by atoms with Gasteiger partial charge in [0.25, 0.3) is 0 Å². The second kappa shape index (κ2) is 1.95. The van der Waals surface area contributed by atoms with Gasteiger partial charge in [-0.1, -0.05) is 0 Å². The molecule has 10 heavy (non-hydrogen) atoms. The van der Waals surface area contributed by atoms with E-state index in [1.165, 1.54) is 6.92 Å². The molecule has 3 nitrogen and oxygen atoms in total. The van der Waals surface area contributed by atoms with Crippen molar-refractivity contribution in [1.29, 1.82) is 0 Å². The molecule has 0 aromatic heterocycles. The average molecular weight is 142 g/mol. The Morgan fingerprint density at radius 2 is 2.40 bits per heavy atom. The number of hydrogen-bond donors (Lipinski definition) is 0. The molecule has 3 atom stereocenters. The van der Waals surface area contributed by atoms with Crippen molar-refractivity contribution >= 4 is 5.97 Å². The maximum atomic E-state index is 10.5. The molecule has 0 unspecified atom stereocenters. The number of rotatable bonds is 1. The van der Waals surface area contributed by atoms with Crippen LogP contribution in [0.5, 0.6) is 0 Å². The van der Waals surface area contributed by atoms with Gasteiger partial charge < -0.3 is 9.47 Å². The first kappa shape index (κ1) is 6.16. The van der Waals surface area contributed by atoms with Gasteiger partial charge in [0.15, 0.2) is 0 Å². The Bertz CT molecular complexity index is 166. The summed E-state index contributed by atoms with van der Waals surface area (Å²) in [5.41, 5.74) is 0. The molecule has 1 heterocycles. The average Bonchev–Trinajstić information content (AvgIpc) is 2.52. The summed E-state index contributed by atoms with van der Waals surface area (Å²) < 4.78 is 10.2. The molecule has 0 aromatic carbocycles. The van der Waals surface area contributed by atoms with E-state index in [1.807, 2.05) is 0 Å². The lowest BCUT2D eigenvalue weighted by molar-refractivity contribution is -0.147. The first-order valence-electron chi connectivity index (χ1n) is 3.60. The molecule has 0 spiro atoms. The third-order valence-corrected chi connectivity index (χ3v) is 2.04. The number of esters is 1. The predicted molar refractivity (Wildman–Crippen MR) is 33.4 cm³/mol. The molecular weight excluding hydrogens is 132 g/mol. The Morgan fingerprint density at radius 3 is 2.80 bits per heavy atom. The number of hydrogen-bond acceptors (Lipinski definition) is 3. The normalized spacial score (nSPS) is 42.7. The molecule has 1 saturated carbocycles. The van der Waals surface area contributed by atoms with Crippen LogP contribution in [0.3, 0.4) is 0 Å². The maximum absolute atomic E-state index is 10.5. The van der Waals surface area contributed by atoms with Gasteiger partial charge >= 0.3 is 5.97 Å². The Balaban J connectivity index is 1.88. The van der Waals surface area contributed by atoms with Crippen molar-refractivity contribution in [2.75, 3.05) is 0 Å². The van der Waals surface area contributed by atoms with E-state index in [9.17, 15) is 4.79 Å². The summed E-state index contributed by atoms with van der Waals surface area (Å²) in [6, 6.07) is 0. The van der Waals surface area contributed by atoms with E-state index in [2.05, 4.69) is 0 Å². The molecular formula is C7H10O3. The van der Waals surface area contributed by atoms with Crippen molar-refractivity contribution < 1.29 is 14.3 Å². The van der Waals surface area contributed by atoms with Crippen LogP contribution in [0, 0.1) is 0 Å². The molecule has 0 bridgehead atoms. The number of carbonyl (C=O) groups is 1. The maximum Gasteiger partial charge on any atom is 0.302 e. The highest BCUT2D eigenvalue weighted by Crippen LogP contribution is 2.40. The van der Waals surface area contributed by atoms with E-state index < -0.39 is 0 Å². The van der Waals surface area contributed by atoms with Gasteiger partial charge in [0.1, 0.15) is 12.2 Å². The van der Waals surface area contributed by atoms with Crippen molar-refractivity contribution in [3.8, 4) is 0 Å². The Labute approximate surface area is 59.3 Å². The SMILES string of the molecule is CC(=O)O[C@H]1CC[C@H]2O[C@@H]12. The fraction of sp³-hybridized carbons (Fsp3) is 0.857. The van der Waals surface area contributed by atoms with E-state index in [-0.39, 0.29) is 18.2 Å². The molecule has 1 aliphatic carbocycles. The molecule has 1 aliphatic heterocycles. The van der Waals surface area contributed by atoms with Crippen LogP contribution in [0.25, 0.3) is 0 Å². The molecule has 0 N–H and O–H groups in total. The van der Waals surface area contributed by atoms with Crippen LogP contribution < -0.4 is 0 Å². The Kier molecular flexibility index (Phi) is 1.20. The lowest BCUT2D eigenvalue weighted by atomic mass is 10.3. The lowest BCUT2D eigenvalue weighted by Crippen LogP contribution is -2.18. The molecule has 0 amide bonds. The number of carbonyl (C=O) groups excluding carboxylic acids is 1. The summed E-state index contributed by atoms with van der Waals surface area (Å²) in [7, 11) is 0. The third-order valence-electron chi connectivity index (χ3n) is 2.04. The standard InChI is InChI=1S/C7H10O3/c1-4(8)9-5-2-3-6-7(5)10-6/h5-7H,2-3H2,1H3/t5-,6+,7-/m0/s1. The van der Waals surface area contributed by atoms with E-state index in [1.54, 1.807) is 0 Å². The van der Waals surface area contributed by atoms with Crippen LogP contribution in [-0.4, -0.2) is 24.3 Å². The van der Waals surface area contributed by atoms with Crippen molar-refractivity contribution in [2.24, 2.45) is 0 Å². The summed E-state index contributed by atoms with van der Waals surface area (Å²) in [5.74, 6) is -0.193. The molecule has 3 heteroatoms. The van der Waals surface area contributed by atoms with Gasteiger partial charge in [0.05, 0.1) is 6.10 Å². The van der Waals surface area contributed by atoms with Crippen LogP contribution in [0.1, 0.15) is 19.8 Å².